The minimum absolute atomic E-state index is 0.100. The Balaban J connectivity index is 0.000000948. The molecule has 0 aromatic carbocycles. The molecule has 3 N–H and O–H groups in total. The van der Waals surface area contributed by atoms with Gasteiger partial charge in [-0.1, -0.05) is 13.8 Å². The van der Waals surface area contributed by atoms with Gasteiger partial charge in [0.15, 0.2) is 34.0 Å². The highest BCUT2D eigenvalue weighted by atomic mass is 79.9. The van der Waals surface area contributed by atoms with Crippen LogP contribution in [0.4, 0.5) is 5.82 Å². The topological polar surface area (TPSA) is 127 Å². The second-order valence-corrected chi connectivity index (χ2v) is 7.68. The lowest BCUT2D eigenvalue weighted by Crippen LogP contribution is -2.41. The van der Waals surface area contributed by atoms with Gasteiger partial charge in [0.25, 0.3) is 0 Å². The van der Waals surface area contributed by atoms with Gasteiger partial charge in [0.1, 0.15) is 25.1 Å². The normalized spacial score (nSPS) is 33.6. The van der Waals surface area contributed by atoms with Gasteiger partial charge in [0.05, 0.1) is 0 Å². The number of anilines is 1. The van der Waals surface area contributed by atoms with E-state index in [2.05, 4.69) is 30.9 Å². The van der Waals surface area contributed by atoms with Crippen molar-refractivity contribution >= 4 is 48.3 Å². The van der Waals surface area contributed by atoms with Gasteiger partial charge in [-0.3, -0.25) is 4.57 Å². The molecule has 0 amide bonds. The summed E-state index contributed by atoms with van der Waals surface area (Å²) in [7, 11) is 3.75. The maximum atomic E-state index is 9.88. The molecule has 10 nitrogen and oxygen atoms in total. The van der Waals surface area contributed by atoms with Gasteiger partial charge in [-0.05, 0) is 15.9 Å². The molecule has 2 aromatic rings. The van der Waals surface area contributed by atoms with Crippen molar-refractivity contribution < 1.29 is 23.4 Å². The number of ether oxygens (including phenoxy) is 2. The van der Waals surface area contributed by atoms with Crippen LogP contribution in [0, 0.1) is 0 Å². The maximum absolute atomic E-state index is 9.88. The average Bonchev–Trinajstić information content (AvgIpc) is 3.12. The highest BCUT2D eigenvalue weighted by molar-refractivity contribution is 9.10. The molecule has 2 radical (unpaired) electrons. The summed E-state index contributed by atoms with van der Waals surface area (Å²) in [5.74, 6) is 0.255. The first-order valence-electron chi connectivity index (χ1n) is 7.97. The summed E-state index contributed by atoms with van der Waals surface area (Å²) in [5.41, 5.74) is 6.77. The first-order chi connectivity index (χ1) is 12.4. The average molecular weight is 447 g/mol. The van der Waals surface area contributed by atoms with E-state index in [1.54, 1.807) is 4.57 Å². The van der Waals surface area contributed by atoms with E-state index < -0.39 is 32.4 Å². The molecule has 13 heteroatoms. The fraction of sp³-hybridized carbons (Fsp3) is 0.615. The number of hydrogen-bond donors (Lipinski definition) is 2. The van der Waals surface area contributed by atoms with Gasteiger partial charge in [0, 0.05) is 7.11 Å². The highest BCUT2D eigenvalue weighted by Gasteiger charge is 2.58. The van der Waals surface area contributed by atoms with Crippen LogP contribution in [-0.2, 0) is 18.5 Å². The lowest BCUT2D eigenvalue weighted by Gasteiger charge is -2.29. The molecule has 4 heterocycles. The van der Waals surface area contributed by atoms with Crippen molar-refractivity contribution in [2.45, 2.75) is 38.4 Å². The largest absolute Gasteiger partial charge is 0.488 e. The number of nitrogen functional groups attached to an aromatic ring is 1. The van der Waals surface area contributed by atoms with Gasteiger partial charge in [-0.15, -0.1) is 0 Å². The number of halogens is 1. The van der Waals surface area contributed by atoms with E-state index in [4.69, 9.17) is 31.8 Å². The lowest BCUT2D eigenvalue weighted by atomic mass is 10.1. The maximum Gasteiger partial charge on any atom is 0.488 e. The summed E-state index contributed by atoms with van der Waals surface area (Å²) in [5, 5.41) is 0. The number of hydrogen-bond acceptors (Lipinski definition) is 9. The second kappa shape index (κ2) is 7.63. The summed E-state index contributed by atoms with van der Waals surface area (Å²) in [6.07, 6.45) is -0.872. The Hall–Kier alpha value is -0.875. The van der Waals surface area contributed by atoms with Crippen LogP contribution >= 0.6 is 23.8 Å². The van der Waals surface area contributed by atoms with E-state index in [0.29, 0.717) is 15.9 Å². The van der Waals surface area contributed by atoms with Crippen molar-refractivity contribution in [3.05, 3.63) is 11.1 Å². The molecule has 2 aliphatic rings. The van der Waals surface area contributed by atoms with Crippen LogP contribution < -0.4 is 5.73 Å². The molecule has 0 saturated carbocycles. The fourth-order valence-corrected chi connectivity index (χ4v) is 4.51. The van der Waals surface area contributed by atoms with Crippen LogP contribution in [0.5, 0.6) is 0 Å². The molecule has 2 saturated heterocycles. The van der Waals surface area contributed by atoms with E-state index >= 15 is 0 Å². The van der Waals surface area contributed by atoms with E-state index in [0.717, 1.165) is 0 Å². The minimum Gasteiger partial charge on any atom is -0.382 e. The van der Waals surface area contributed by atoms with Crippen LogP contribution in [0.1, 0.15) is 20.1 Å². The Kier molecular flexibility index (Phi) is 5.83. The van der Waals surface area contributed by atoms with Gasteiger partial charge in [-0.25, -0.2) is 19.8 Å². The van der Waals surface area contributed by atoms with Crippen LogP contribution in [-0.4, -0.2) is 64.0 Å². The molecule has 5 atom stereocenters. The first-order valence-corrected chi connectivity index (χ1v) is 10.4. The Morgan fingerprint density at radius 2 is 2.19 bits per heavy atom. The molecule has 26 heavy (non-hydrogen) atoms. The summed E-state index contributed by atoms with van der Waals surface area (Å²) >= 11 is 3.39. The molecule has 2 fully saturated rings. The van der Waals surface area contributed by atoms with Gasteiger partial charge in [0.2, 0.25) is 0 Å². The zero-order chi connectivity index (χ0) is 19.1. The Morgan fingerprint density at radius 3 is 2.88 bits per heavy atom. The van der Waals surface area contributed by atoms with Crippen molar-refractivity contribution in [2.75, 3.05) is 19.5 Å². The minimum atomic E-state index is -3.37. The van der Waals surface area contributed by atoms with E-state index in [-0.39, 0.29) is 12.4 Å². The highest BCUT2D eigenvalue weighted by Crippen LogP contribution is 2.59. The molecule has 0 aliphatic carbocycles. The predicted octanol–water partition coefficient (Wildman–Crippen LogP) is 1.36. The Labute approximate surface area is 160 Å². The number of nitrogens with zero attached hydrogens (tertiary/aromatic N) is 4. The molecular weight excluding hydrogens is 428 g/mol. The number of nitrogens with two attached hydrogens (primary N) is 1. The molecule has 2 unspecified atom stereocenters. The van der Waals surface area contributed by atoms with Crippen molar-refractivity contribution in [3.63, 3.8) is 0 Å². The zero-order valence-corrected chi connectivity index (χ0v) is 16.9. The molecule has 2 aromatic heterocycles. The second-order valence-electron chi connectivity index (χ2n) is 5.38. The number of fused-ring (bicyclic) bond motifs is 2. The van der Waals surface area contributed by atoms with Crippen LogP contribution in [0.3, 0.4) is 0 Å². The van der Waals surface area contributed by atoms with E-state index in [1.165, 1.54) is 13.4 Å². The lowest BCUT2D eigenvalue weighted by molar-refractivity contribution is -0.0625. The molecule has 2 aliphatic heterocycles. The van der Waals surface area contributed by atoms with Crippen LogP contribution in [0.2, 0.25) is 0 Å². The van der Waals surface area contributed by atoms with Crippen molar-refractivity contribution in [3.8, 4) is 0 Å². The molecule has 0 bridgehead atoms. The van der Waals surface area contributed by atoms with E-state index in [1.807, 2.05) is 13.8 Å². The van der Waals surface area contributed by atoms with Crippen LogP contribution in [0.15, 0.2) is 11.1 Å². The van der Waals surface area contributed by atoms with Crippen LogP contribution in [0.25, 0.3) is 11.2 Å². The Bertz CT molecular complexity index is 796. The monoisotopic (exact) mass is 446 g/mol. The number of rotatable bonds is 2. The number of aromatic nitrogens is 4. The third-order valence-electron chi connectivity index (χ3n) is 3.97. The Morgan fingerprint density at radius 1 is 1.46 bits per heavy atom. The van der Waals surface area contributed by atoms with Gasteiger partial charge in [-0.2, -0.15) is 9.05 Å². The molecule has 4 rings (SSSR count). The van der Waals surface area contributed by atoms with Gasteiger partial charge >= 0.3 is 15.4 Å². The molecule has 0 spiro atoms. The van der Waals surface area contributed by atoms with Crippen molar-refractivity contribution in [2.24, 2.45) is 0 Å². The third kappa shape index (κ3) is 3.35. The molecule has 140 valence electrons. The summed E-state index contributed by atoms with van der Waals surface area (Å²) in [6, 6.07) is 0. The smallest absolute Gasteiger partial charge is 0.382 e. The predicted molar refractivity (Wildman–Crippen MR) is 99.2 cm³/mol. The summed E-state index contributed by atoms with van der Waals surface area (Å²) in [4.78, 5) is 22.4. The molecular formula is C13H19BBrN5O5P+. The summed E-state index contributed by atoms with van der Waals surface area (Å²) in [6.45, 7) is 4.10. The SMILES string of the molecule is CC.[B][P+]1(O)OC[C@H]2O[C@@H](n3c(Br)nc4c(N)ncnc43)C(OC)[C@@H]2O1. The number of imidazole rings is 1. The van der Waals surface area contributed by atoms with Crippen molar-refractivity contribution in [1.82, 2.24) is 19.5 Å². The first kappa shape index (κ1) is 19.9. The standard InChI is InChI=1S/C11H13BBrN5O5P.C2H6/c1-20-7-6-4(2-21-24(12,19)23-6)22-10(7)18-9-5(17-11(18)13)8(14)15-3-16-9;1-2/h3-4,6-7,10,19H,2H2,1H3,(H2,14,15,16);1-2H3/q+1;/t4-,6-,7?,10-,24?;/m1./s1. The van der Waals surface area contributed by atoms with Crippen molar-refractivity contribution in [1.29, 1.82) is 0 Å². The number of methoxy groups -OCH3 is 1. The zero-order valence-electron chi connectivity index (χ0n) is 14.4. The van der Waals surface area contributed by atoms with E-state index in [9.17, 15) is 4.89 Å². The van der Waals surface area contributed by atoms with Gasteiger partial charge < -0.3 is 15.2 Å². The third-order valence-corrected chi connectivity index (χ3v) is 5.59. The quantitative estimate of drug-likeness (QED) is 0.399. The summed E-state index contributed by atoms with van der Waals surface area (Å²) < 4.78 is 24.3. The fourth-order valence-electron chi connectivity index (χ4n) is 2.94.